The molecule has 0 bridgehead atoms. The Morgan fingerprint density at radius 3 is 2.69 bits per heavy atom. The molecule has 3 unspecified atom stereocenters. The second-order valence-electron chi connectivity index (χ2n) is 7.36. The fourth-order valence-electron chi connectivity index (χ4n) is 3.82. The fraction of sp³-hybridized carbons (Fsp3) is 0.526. The molecule has 0 radical (unpaired) electrons. The molecule has 0 aromatic heterocycles. The molecule has 1 saturated carbocycles. The summed E-state index contributed by atoms with van der Waals surface area (Å²) >= 11 is 3.43. The van der Waals surface area contributed by atoms with E-state index in [1.807, 2.05) is 18.2 Å². The summed E-state index contributed by atoms with van der Waals surface area (Å²) in [5.41, 5.74) is -0.516. The van der Waals surface area contributed by atoms with Gasteiger partial charge in [-0.3, -0.25) is 14.5 Å². The van der Waals surface area contributed by atoms with E-state index in [0.29, 0.717) is 11.5 Å². The molecule has 1 aromatic carbocycles. The molecule has 4 amide bonds. The third-order valence-electron chi connectivity index (χ3n) is 5.45. The van der Waals surface area contributed by atoms with E-state index in [-0.39, 0.29) is 18.5 Å². The molecule has 0 spiro atoms. The number of carbonyl (C=O) groups is 3. The zero-order valence-electron chi connectivity index (χ0n) is 15.0. The molecule has 1 saturated heterocycles. The highest BCUT2D eigenvalue weighted by Crippen LogP contribution is 2.33. The number of carbonyl (C=O) groups excluding carboxylic acids is 3. The van der Waals surface area contributed by atoms with Crippen molar-refractivity contribution in [2.45, 2.75) is 51.1 Å². The van der Waals surface area contributed by atoms with Gasteiger partial charge in [-0.05, 0) is 31.7 Å². The van der Waals surface area contributed by atoms with Crippen molar-refractivity contribution in [3.8, 4) is 0 Å². The Hall–Kier alpha value is -1.89. The minimum Gasteiger partial charge on any atom is -0.352 e. The second-order valence-corrected chi connectivity index (χ2v) is 8.22. The standard InChI is InChI=1S/C19H24BrN3O3/c1-12-7-3-6-10-15(12)21-16(24)11-23-17(25)19(2,22-18(23)26)13-8-4-5-9-14(13)20/h4-5,8-9,12,15H,3,6-7,10-11H2,1-2H3,(H,21,24)(H,22,26). The third-order valence-corrected chi connectivity index (χ3v) is 6.14. The zero-order valence-corrected chi connectivity index (χ0v) is 16.6. The molecule has 2 fully saturated rings. The number of urea groups is 1. The Kier molecular flexibility index (Phi) is 5.37. The van der Waals surface area contributed by atoms with Gasteiger partial charge in [0.15, 0.2) is 0 Å². The Bertz CT molecular complexity index is 738. The van der Waals surface area contributed by atoms with E-state index in [0.717, 1.165) is 28.6 Å². The van der Waals surface area contributed by atoms with Gasteiger partial charge < -0.3 is 10.6 Å². The van der Waals surface area contributed by atoms with Crippen LogP contribution in [0.25, 0.3) is 0 Å². The minimum absolute atomic E-state index is 0.117. The van der Waals surface area contributed by atoms with Gasteiger partial charge in [-0.25, -0.2) is 4.79 Å². The fourth-order valence-corrected chi connectivity index (χ4v) is 4.50. The van der Waals surface area contributed by atoms with Gasteiger partial charge in [-0.15, -0.1) is 0 Å². The van der Waals surface area contributed by atoms with Gasteiger partial charge in [0.1, 0.15) is 12.1 Å². The smallest absolute Gasteiger partial charge is 0.325 e. The van der Waals surface area contributed by atoms with Crippen molar-refractivity contribution >= 4 is 33.8 Å². The quantitative estimate of drug-likeness (QED) is 0.733. The number of benzene rings is 1. The predicted molar refractivity (Wildman–Crippen MR) is 101 cm³/mol. The first kappa shape index (κ1) is 18.9. The summed E-state index contributed by atoms with van der Waals surface area (Å²) in [6, 6.07) is 6.83. The maximum absolute atomic E-state index is 12.9. The van der Waals surface area contributed by atoms with E-state index in [2.05, 4.69) is 33.5 Å². The van der Waals surface area contributed by atoms with Gasteiger partial charge in [0.05, 0.1) is 0 Å². The molecule has 1 aliphatic heterocycles. The molecular formula is C19H24BrN3O3. The largest absolute Gasteiger partial charge is 0.352 e. The van der Waals surface area contributed by atoms with E-state index in [9.17, 15) is 14.4 Å². The maximum atomic E-state index is 12.9. The van der Waals surface area contributed by atoms with Crippen LogP contribution in [-0.4, -0.2) is 35.3 Å². The highest BCUT2D eigenvalue weighted by molar-refractivity contribution is 9.10. The van der Waals surface area contributed by atoms with Crippen LogP contribution in [0.4, 0.5) is 4.79 Å². The molecule has 1 heterocycles. The Morgan fingerprint density at radius 1 is 1.31 bits per heavy atom. The minimum atomic E-state index is -1.18. The second kappa shape index (κ2) is 7.39. The molecule has 140 valence electrons. The lowest BCUT2D eigenvalue weighted by molar-refractivity contribution is -0.135. The molecule has 26 heavy (non-hydrogen) atoms. The van der Waals surface area contributed by atoms with Crippen molar-refractivity contribution in [1.82, 2.24) is 15.5 Å². The summed E-state index contributed by atoms with van der Waals surface area (Å²) in [5, 5.41) is 5.73. The lowest BCUT2D eigenvalue weighted by Gasteiger charge is -2.30. The number of nitrogens with one attached hydrogen (secondary N) is 2. The first-order valence-electron chi connectivity index (χ1n) is 9.01. The summed E-state index contributed by atoms with van der Waals surface area (Å²) in [7, 11) is 0. The number of halogens is 1. The average molecular weight is 422 g/mol. The number of imide groups is 1. The highest BCUT2D eigenvalue weighted by atomic mass is 79.9. The summed E-state index contributed by atoms with van der Waals surface area (Å²) in [4.78, 5) is 38.7. The summed E-state index contributed by atoms with van der Waals surface area (Å²) in [6.45, 7) is 3.53. The van der Waals surface area contributed by atoms with Gasteiger partial charge in [0.25, 0.3) is 5.91 Å². The zero-order chi connectivity index (χ0) is 18.9. The first-order chi connectivity index (χ1) is 12.3. The van der Waals surface area contributed by atoms with Gasteiger partial charge in [-0.2, -0.15) is 0 Å². The molecule has 2 N–H and O–H groups in total. The molecule has 2 aliphatic rings. The Morgan fingerprint density at radius 2 is 2.00 bits per heavy atom. The van der Waals surface area contributed by atoms with Gasteiger partial charge in [0.2, 0.25) is 5.91 Å². The van der Waals surface area contributed by atoms with Gasteiger partial charge >= 0.3 is 6.03 Å². The lowest BCUT2D eigenvalue weighted by atomic mass is 9.86. The van der Waals surface area contributed by atoms with Crippen LogP contribution in [0, 0.1) is 5.92 Å². The summed E-state index contributed by atoms with van der Waals surface area (Å²) in [6.07, 6.45) is 4.32. The van der Waals surface area contributed by atoms with E-state index in [1.165, 1.54) is 6.42 Å². The Balaban J connectivity index is 1.71. The molecule has 1 aromatic rings. The van der Waals surface area contributed by atoms with E-state index >= 15 is 0 Å². The Labute approximate surface area is 161 Å². The third kappa shape index (κ3) is 3.49. The van der Waals surface area contributed by atoms with Crippen molar-refractivity contribution < 1.29 is 14.4 Å². The average Bonchev–Trinajstić information content (AvgIpc) is 2.81. The first-order valence-corrected chi connectivity index (χ1v) is 9.80. The van der Waals surface area contributed by atoms with Crippen LogP contribution in [0.2, 0.25) is 0 Å². The van der Waals surface area contributed by atoms with Crippen molar-refractivity contribution in [2.75, 3.05) is 6.54 Å². The predicted octanol–water partition coefficient (Wildman–Crippen LogP) is 2.91. The van der Waals surface area contributed by atoms with Crippen molar-refractivity contribution in [1.29, 1.82) is 0 Å². The van der Waals surface area contributed by atoms with Crippen LogP contribution in [0.1, 0.15) is 45.1 Å². The molecule has 7 heteroatoms. The van der Waals surface area contributed by atoms with Crippen LogP contribution >= 0.6 is 15.9 Å². The molecule has 3 rings (SSSR count). The number of rotatable bonds is 4. The maximum Gasteiger partial charge on any atom is 0.325 e. The summed E-state index contributed by atoms with van der Waals surface area (Å²) in [5.74, 6) is -0.286. The summed E-state index contributed by atoms with van der Waals surface area (Å²) < 4.78 is 0.735. The number of nitrogens with zero attached hydrogens (tertiary/aromatic N) is 1. The van der Waals surface area contributed by atoms with Crippen LogP contribution in [-0.2, 0) is 15.1 Å². The topological polar surface area (TPSA) is 78.5 Å². The molecule has 1 aliphatic carbocycles. The number of hydrogen-bond acceptors (Lipinski definition) is 3. The lowest BCUT2D eigenvalue weighted by Crippen LogP contribution is -2.47. The number of hydrogen-bond donors (Lipinski definition) is 2. The van der Waals surface area contributed by atoms with Crippen molar-refractivity contribution in [2.24, 2.45) is 5.92 Å². The van der Waals surface area contributed by atoms with Crippen LogP contribution in [0.3, 0.4) is 0 Å². The highest BCUT2D eigenvalue weighted by Gasteiger charge is 2.50. The van der Waals surface area contributed by atoms with Crippen LogP contribution in [0.5, 0.6) is 0 Å². The molecule has 6 nitrogen and oxygen atoms in total. The number of amides is 4. The molecule has 3 atom stereocenters. The molecular weight excluding hydrogens is 398 g/mol. The van der Waals surface area contributed by atoms with Crippen molar-refractivity contribution in [3.63, 3.8) is 0 Å². The van der Waals surface area contributed by atoms with E-state index in [4.69, 9.17) is 0 Å². The normalized spacial score (nSPS) is 28.8. The van der Waals surface area contributed by atoms with Crippen molar-refractivity contribution in [3.05, 3.63) is 34.3 Å². The van der Waals surface area contributed by atoms with Gasteiger partial charge in [-0.1, -0.05) is 53.9 Å². The van der Waals surface area contributed by atoms with Gasteiger partial charge in [0, 0.05) is 16.1 Å². The van der Waals surface area contributed by atoms with E-state index < -0.39 is 17.5 Å². The van der Waals surface area contributed by atoms with E-state index in [1.54, 1.807) is 13.0 Å². The SMILES string of the molecule is CC1CCCCC1NC(=O)CN1C(=O)NC(C)(c2ccccc2Br)C1=O. The monoisotopic (exact) mass is 421 g/mol. The van der Waals surface area contributed by atoms with Crippen LogP contribution < -0.4 is 10.6 Å². The van der Waals surface area contributed by atoms with Crippen LogP contribution in [0.15, 0.2) is 28.7 Å².